The third-order valence-electron chi connectivity index (χ3n) is 2.25. The summed E-state index contributed by atoms with van der Waals surface area (Å²) in [5.41, 5.74) is 0. The number of hydrogen-bond acceptors (Lipinski definition) is 2. The average Bonchev–Trinajstić information content (AvgIpc) is 1.99. The molecule has 68 valence electrons. The molecule has 1 N–H and O–H groups in total. The zero-order chi connectivity index (χ0) is 8.85. The van der Waals surface area contributed by atoms with E-state index in [4.69, 9.17) is 9.84 Å². The van der Waals surface area contributed by atoms with Crippen LogP contribution in [0.5, 0.6) is 0 Å². The molecule has 0 radical (unpaired) electrons. The summed E-state index contributed by atoms with van der Waals surface area (Å²) in [6.07, 6.45) is 1.18. The van der Waals surface area contributed by atoms with Crippen LogP contribution in [0, 0.1) is 11.8 Å². The maximum absolute atomic E-state index is 9.05. The van der Waals surface area contributed by atoms with E-state index in [1.165, 1.54) is 0 Å². The summed E-state index contributed by atoms with van der Waals surface area (Å²) in [4.78, 5) is 0. The number of aliphatic hydroxyl groups is 1. The molecule has 0 spiro atoms. The SMILES string of the molecule is CCC(OC)C(CO)C(C)C. The molecule has 2 nitrogen and oxygen atoms in total. The summed E-state index contributed by atoms with van der Waals surface area (Å²) < 4.78 is 5.25. The second kappa shape index (κ2) is 5.56. The molecule has 0 rings (SSSR count). The first-order chi connectivity index (χ1) is 5.17. The van der Waals surface area contributed by atoms with E-state index in [9.17, 15) is 0 Å². The van der Waals surface area contributed by atoms with Crippen molar-refractivity contribution in [3.05, 3.63) is 0 Å². The van der Waals surface area contributed by atoms with Gasteiger partial charge in [-0.3, -0.25) is 0 Å². The molecule has 0 bridgehead atoms. The van der Waals surface area contributed by atoms with Crippen molar-refractivity contribution in [2.75, 3.05) is 13.7 Å². The van der Waals surface area contributed by atoms with Crippen molar-refractivity contribution in [2.24, 2.45) is 11.8 Å². The van der Waals surface area contributed by atoms with Gasteiger partial charge in [-0.2, -0.15) is 0 Å². The third-order valence-corrected chi connectivity index (χ3v) is 2.25. The molecule has 0 aromatic heterocycles. The topological polar surface area (TPSA) is 29.5 Å². The predicted molar refractivity (Wildman–Crippen MR) is 46.5 cm³/mol. The first-order valence-electron chi connectivity index (χ1n) is 4.31. The first-order valence-corrected chi connectivity index (χ1v) is 4.31. The Bertz CT molecular complexity index is 87.6. The van der Waals surface area contributed by atoms with Gasteiger partial charge in [-0.05, 0) is 12.3 Å². The fourth-order valence-electron chi connectivity index (χ4n) is 1.40. The lowest BCUT2D eigenvalue weighted by atomic mass is 9.90. The van der Waals surface area contributed by atoms with Crippen LogP contribution in [0.2, 0.25) is 0 Å². The molecule has 11 heavy (non-hydrogen) atoms. The molecule has 0 fully saturated rings. The molecule has 2 atom stereocenters. The van der Waals surface area contributed by atoms with Crippen LogP contribution < -0.4 is 0 Å². The van der Waals surface area contributed by atoms with Crippen LogP contribution in [0.15, 0.2) is 0 Å². The number of rotatable bonds is 5. The maximum Gasteiger partial charge on any atom is 0.0621 e. The average molecular weight is 160 g/mol. The summed E-state index contributed by atoms with van der Waals surface area (Å²) >= 11 is 0. The molecule has 0 saturated heterocycles. The monoisotopic (exact) mass is 160 g/mol. The molecule has 2 heteroatoms. The Morgan fingerprint density at radius 3 is 2.00 bits per heavy atom. The lowest BCUT2D eigenvalue weighted by molar-refractivity contribution is 0.00417. The number of hydrogen-bond donors (Lipinski definition) is 1. The van der Waals surface area contributed by atoms with Gasteiger partial charge in [0.15, 0.2) is 0 Å². The van der Waals surface area contributed by atoms with Crippen LogP contribution in [0.1, 0.15) is 27.2 Å². The molecule has 0 saturated carbocycles. The van der Waals surface area contributed by atoms with Crippen LogP contribution >= 0.6 is 0 Å². The highest BCUT2D eigenvalue weighted by Crippen LogP contribution is 2.19. The molecule has 0 aliphatic carbocycles. The minimum atomic E-state index is 0.208. The number of aliphatic hydroxyl groups excluding tert-OH is 1. The molecular weight excluding hydrogens is 140 g/mol. The normalized spacial score (nSPS) is 16.9. The van der Waals surface area contributed by atoms with Crippen molar-refractivity contribution in [3.63, 3.8) is 0 Å². The van der Waals surface area contributed by atoms with E-state index in [0.717, 1.165) is 6.42 Å². The van der Waals surface area contributed by atoms with E-state index in [1.54, 1.807) is 7.11 Å². The molecule has 0 aromatic carbocycles. The summed E-state index contributed by atoms with van der Waals surface area (Å²) in [5.74, 6) is 0.773. The van der Waals surface area contributed by atoms with Gasteiger partial charge in [0.05, 0.1) is 6.10 Å². The van der Waals surface area contributed by atoms with Crippen molar-refractivity contribution in [1.29, 1.82) is 0 Å². The Kier molecular flexibility index (Phi) is 5.51. The van der Waals surface area contributed by atoms with Crippen LogP contribution in [-0.4, -0.2) is 24.9 Å². The first kappa shape index (κ1) is 10.9. The number of methoxy groups -OCH3 is 1. The molecular formula is C9H20O2. The van der Waals surface area contributed by atoms with E-state index in [2.05, 4.69) is 20.8 Å². The lowest BCUT2D eigenvalue weighted by Gasteiger charge is -2.26. The Morgan fingerprint density at radius 1 is 1.36 bits per heavy atom. The minimum absolute atomic E-state index is 0.208. The van der Waals surface area contributed by atoms with E-state index < -0.39 is 0 Å². The molecule has 0 amide bonds. The van der Waals surface area contributed by atoms with Crippen LogP contribution in [0.3, 0.4) is 0 Å². The van der Waals surface area contributed by atoms with Gasteiger partial charge in [0.2, 0.25) is 0 Å². The summed E-state index contributed by atoms with van der Waals surface area (Å²) in [6.45, 7) is 6.54. The van der Waals surface area contributed by atoms with Crippen LogP contribution in [0.4, 0.5) is 0 Å². The van der Waals surface area contributed by atoms with E-state index >= 15 is 0 Å². The minimum Gasteiger partial charge on any atom is -0.396 e. The van der Waals surface area contributed by atoms with Gasteiger partial charge in [0, 0.05) is 19.6 Å². The third kappa shape index (κ3) is 3.21. The zero-order valence-corrected chi connectivity index (χ0v) is 8.00. The molecule has 2 unspecified atom stereocenters. The van der Waals surface area contributed by atoms with Crippen molar-refractivity contribution in [2.45, 2.75) is 33.3 Å². The van der Waals surface area contributed by atoms with Crippen LogP contribution in [-0.2, 0) is 4.74 Å². The van der Waals surface area contributed by atoms with Gasteiger partial charge in [-0.25, -0.2) is 0 Å². The lowest BCUT2D eigenvalue weighted by Crippen LogP contribution is -2.29. The van der Waals surface area contributed by atoms with Crippen molar-refractivity contribution in [3.8, 4) is 0 Å². The largest absolute Gasteiger partial charge is 0.396 e. The van der Waals surface area contributed by atoms with E-state index in [-0.39, 0.29) is 18.6 Å². The fraction of sp³-hybridized carbons (Fsp3) is 1.00. The Morgan fingerprint density at radius 2 is 1.91 bits per heavy atom. The number of ether oxygens (including phenoxy) is 1. The highest BCUT2D eigenvalue weighted by atomic mass is 16.5. The van der Waals surface area contributed by atoms with Gasteiger partial charge < -0.3 is 9.84 Å². The second-order valence-electron chi connectivity index (χ2n) is 3.27. The smallest absolute Gasteiger partial charge is 0.0621 e. The predicted octanol–water partition coefficient (Wildman–Crippen LogP) is 1.68. The second-order valence-corrected chi connectivity index (χ2v) is 3.27. The highest BCUT2D eigenvalue weighted by molar-refractivity contribution is 4.70. The standard InChI is InChI=1S/C9H20O2/c1-5-9(11-4)8(6-10)7(2)3/h7-10H,5-6H2,1-4H3. The van der Waals surface area contributed by atoms with Crippen molar-refractivity contribution >= 4 is 0 Å². The summed E-state index contributed by atoms with van der Waals surface area (Å²) in [6, 6.07) is 0. The van der Waals surface area contributed by atoms with Crippen molar-refractivity contribution in [1.82, 2.24) is 0 Å². The van der Waals surface area contributed by atoms with Crippen LogP contribution in [0.25, 0.3) is 0 Å². The maximum atomic E-state index is 9.05. The summed E-state index contributed by atoms with van der Waals surface area (Å²) in [5, 5.41) is 9.05. The fourth-order valence-corrected chi connectivity index (χ4v) is 1.40. The Balaban J connectivity index is 3.98. The van der Waals surface area contributed by atoms with Crippen molar-refractivity contribution < 1.29 is 9.84 Å². The van der Waals surface area contributed by atoms with Gasteiger partial charge in [0.25, 0.3) is 0 Å². The van der Waals surface area contributed by atoms with E-state index in [1.807, 2.05) is 0 Å². The highest BCUT2D eigenvalue weighted by Gasteiger charge is 2.21. The Hall–Kier alpha value is -0.0800. The van der Waals surface area contributed by atoms with Gasteiger partial charge in [-0.1, -0.05) is 20.8 Å². The summed E-state index contributed by atoms with van der Waals surface area (Å²) in [7, 11) is 1.71. The Labute approximate surface area is 69.6 Å². The molecule has 0 aromatic rings. The zero-order valence-electron chi connectivity index (χ0n) is 8.00. The van der Waals surface area contributed by atoms with Gasteiger partial charge in [0.1, 0.15) is 0 Å². The quantitative estimate of drug-likeness (QED) is 0.663. The van der Waals surface area contributed by atoms with Gasteiger partial charge in [-0.15, -0.1) is 0 Å². The van der Waals surface area contributed by atoms with Gasteiger partial charge >= 0.3 is 0 Å². The van der Waals surface area contributed by atoms with E-state index in [0.29, 0.717) is 5.92 Å². The molecule has 0 aliphatic rings. The molecule has 0 aliphatic heterocycles. The molecule has 0 heterocycles.